The molecule has 0 aliphatic carbocycles. The van der Waals surface area contributed by atoms with E-state index in [9.17, 15) is 26.4 Å². The first-order valence-electron chi connectivity index (χ1n) is 8.44. The highest BCUT2D eigenvalue weighted by Gasteiger charge is 2.32. The van der Waals surface area contributed by atoms with Gasteiger partial charge in [-0.1, -0.05) is 6.07 Å². The van der Waals surface area contributed by atoms with Crippen LogP contribution in [0, 0.1) is 17.5 Å². The second-order valence-corrected chi connectivity index (χ2v) is 9.37. The Labute approximate surface area is 164 Å². The second kappa shape index (κ2) is 8.19. The summed E-state index contributed by atoms with van der Waals surface area (Å²) in [5, 5.41) is 3.93. The average Bonchev–Trinajstić information content (AvgIpc) is 3.23. The van der Waals surface area contributed by atoms with Crippen LogP contribution in [0.2, 0.25) is 0 Å². The number of nitrogens with one attached hydrogen (secondary N) is 1. The summed E-state index contributed by atoms with van der Waals surface area (Å²) in [5.41, 5.74) is -0.449. The number of carbonyl (C=O) groups excluding carboxylic acids is 1. The van der Waals surface area contributed by atoms with Gasteiger partial charge in [-0.25, -0.2) is 21.6 Å². The number of hydrogen-bond acceptors (Lipinski definition) is 5. The van der Waals surface area contributed by atoms with E-state index >= 15 is 0 Å². The van der Waals surface area contributed by atoms with E-state index in [4.69, 9.17) is 0 Å². The quantitative estimate of drug-likeness (QED) is 0.736. The second-order valence-electron chi connectivity index (χ2n) is 6.26. The maximum atomic E-state index is 13.7. The van der Waals surface area contributed by atoms with Gasteiger partial charge in [-0.05, 0) is 30.5 Å². The minimum absolute atomic E-state index is 0.206. The zero-order valence-electron chi connectivity index (χ0n) is 14.9. The molecule has 28 heavy (non-hydrogen) atoms. The Balaban J connectivity index is 1.61. The Kier molecular flexibility index (Phi) is 6.08. The molecular weight excluding hydrogens is 415 g/mol. The molecule has 0 bridgehead atoms. The van der Waals surface area contributed by atoms with Crippen LogP contribution >= 0.6 is 11.3 Å². The number of sulfonamides is 1. The van der Waals surface area contributed by atoms with Crippen LogP contribution in [-0.4, -0.2) is 55.8 Å². The number of nitrogens with zero attached hydrogens (tertiary/aromatic N) is 2. The van der Waals surface area contributed by atoms with Crippen LogP contribution in [0.3, 0.4) is 0 Å². The van der Waals surface area contributed by atoms with Crippen molar-refractivity contribution >= 4 is 33.0 Å². The third-order valence-electron chi connectivity index (χ3n) is 4.58. The topological polar surface area (TPSA) is 69.7 Å². The van der Waals surface area contributed by atoms with Crippen LogP contribution in [0.4, 0.5) is 18.9 Å². The van der Waals surface area contributed by atoms with Crippen LogP contribution < -0.4 is 5.32 Å². The largest absolute Gasteiger partial charge is 0.322 e. The molecule has 2 heterocycles. The van der Waals surface area contributed by atoms with Crippen molar-refractivity contribution in [1.29, 1.82) is 0 Å². The van der Waals surface area contributed by atoms with Crippen LogP contribution in [0.25, 0.3) is 0 Å². The first kappa shape index (κ1) is 20.8. The van der Waals surface area contributed by atoms with Gasteiger partial charge in [-0.2, -0.15) is 4.31 Å². The molecule has 11 heteroatoms. The van der Waals surface area contributed by atoms with Crippen molar-refractivity contribution in [1.82, 2.24) is 9.21 Å². The summed E-state index contributed by atoms with van der Waals surface area (Å²) in [7, 11) is -3.55. The van der Waals surface area contributed by atoms with Crippen molar-refractivity contribution in [3.63, 3.8) is 0 Å². The molecule has 0 spiro atoms. The van der Waals surface area contributed by atoms with Crippen LogP contribution in [0.1, 0.15) is 6.92 Å². The number of amides is 1. The minimum Gasteiger partial charge on any atom is -0.322 e. The van der Waals surface area contributed by atoms with Gasteiger partial charge in [0.1, 0.15) is 4.21 Å². The smallest absolute Gasteiger partial charge is 0.252 e. The van der Waals surface area contributed by atoms with E-state index in [1.807, 2.05) is 0 Å². The van der Waals surface area contributed by atoms with Gasteiger partial charge in [0, 0.05) is 26.2 Å². The molecular formula is C17H18F3N3O3S2. The van der Waals surface area contributed by atoms with E-state index in [1.54, 1.807) is 29.3 Å². The lowest BCUT2D eigenvalue weighted by molar-refractivity contribution is -0.121. The van der Waals surface area contributed by atoms with Crippen molar-refractivity contribution in [3.8, 4) is 0 Å². The highest BCUT2D eigenvalue weighted by atomic mass is 32.2. The standard InChI is InChI=1S/C17H18F3N3O3S2/c1-11(17(24)21-13-5-4-12(18)15(19)16(13)20)22-6-8-23(9-7-22)28(25,26)14-3-2-10-27-14/h2-5,10-11H,6-9H2,1H3,(H,21,24)/t11-/m0/s1. The van der Waals surface area contributed by atoms with E-state index < -0.39 is 45.1 Å². The summed E-state index contributed by atoms with van der Waals surface area (Å²) in [6.07, 6.45) is 0. The number of anilines is 1. The predicted molar refractivity (Wildman–Crippen MR) is 99.1 cm³/mol. The van der Waals surface area contributed by atoms with Gasteiger partial charge >= 0.3 is 0 Å². The van der Waals surface area contributed by atoms with Gasteiger partial charge in [0.25, 0.3) is 10.0 Å². The maximum Gasteiger partial charge on any atom is 0.252 e. The van der Waals surface area contributed by atoms with Gasteiger partial charge in [0.15, 0.2) is 17.5 Å². The molecule has 1 N–H and O–H groups in total. The third kappa shape index (κ3) is 4.07. The molecule has 1 aromatic carbocycles. The molecule has 3 rings (SSSR count). The predicted octanol–water partition coefficient (Wildman–Crippen LogP) is 2.50. The van der Waals surface area contributed by atoms with Crippen LogP contribution in [-0.2, 0) is 14.8 Å². The van der Waals surface area contributed by atoms with E-state index in [1.165, 1.54) is 4.31 Å². The van der Waals surface area contributed by atoms with Gasteiger partial charge in [0.2, 0.25) is 5.91 Å². The molecule has 0 unspecified atom stereocenters. The zero-order chi connectivity index (χ0) is 20.5. The molecule has 0 saturated carbocycles. The molecule has 1 aliphatic heterocycles. The van der Waals surface area contributed by atoms with Gasteiger partial charge < -0.3 is 5.32 Å². The Morgan fingerprint density at radius 3 is 2.39 bits per heavy atom. The fraction of sp³-hybridized carbons (Fsp3) is 0.353. The maximum absolute atomic E-state index is 13.7. The Morgan fingerprint density at radius 1 is 1.11 bits per heavy atom. The number of thiophene rings is 1. The van der Waals surface area contributed by atoms with Gasteiger partial charge in [0.05, 0.1) is 11.7 Å². The van der Waals surface area contributed by atoms with Crippen LogP contribution in [0.5, 0.6) is 0 Å². The van der Waals surface area contributed by atoms with E-state index in [-0.39, 0.29) is 17.3 Å². The summed E-state index contributed by atoms with van der Waals surface area (Å²) >= 11 is 1.14. The molecule has 1 amide bonds. The summed E-state index contributed by atoms with van der Waals surface area (Å²) in [6.45, 7) is 2.60. The van der Waals surface area contributed by atoms with Crippen LogP contribution in [0.15, 0.2) is 33.9 Å². The SMILES string of the molecule is C[C@@H](C(=O)Nc1ccc(F)c(F)c1F)N1CCN(S(=O)(=O)c2cccs2)CC1. The van der Waals surface area contributed by atoms with Crippen molar-refractivity contribution in [2.24, 2.45) is 0 Å². The molecule has 1 aromatic heterocycles. The molecule has 1 fully saturated rings. The van der Waals surface area contributed by atoms with Crippen molar-refractivity contribution < 1.29 is 26.4 Å². The zero-order valence-corrected chi connectivity index (χ0v) is 16.5. The molecule has 1 atom stereocenters. The summed E-state index contributed by atoms with van der Waals surface area (Å²) in [4.78, 5) is 14.1. The highest BCUT2D eigenvalue weighted by Crippen LogP contribution is 2.23. The molecule has 6 nitrogen and oxygen atoms in total. The average molecular weight is 433 g/mol. The number of halogens is 3. The van der Waals surface area contributed by atoms with Gasteiger partial charge in [-0.15, -0.1) is 11.3 Å². The van der Waals surface area contributed by atoms with Crippen molar-refractivity contribution in [2.75, 3.05) is 31.5 Å². The lowest BCUT2D eigenvalue weighted by Gasteiger charge is -2.36. The van der Waals surface area contributed by atoms with Gasteiger partial charge in [-0.3, -0.25) is 9.69 Å². The van der Waals surface area contributed by atoms with Crippen molar-refractivity contribution in [2.45, 2.75) is 17.2 Å². The number of piperazine rings is 1. The Hall–Kier alpha value is -1.95. The molecule has 1 aliphatic rings. The highest BCUT2D eigenvalue weighted by molar-refractivity contribution is 7.91. The Morgan fingerprint density at radius 2 is 1.79 bits per heavy atom. The fourth-order valence-electron chi connectivity index (χ4n) is 2.89. The van der Waals surface area contributed by atoms with E-state index in [0.29, 0.717) is 13.1 Å². The summed E-state index contributed by atoms with van der Waals surface area (Å²) < 4.78 is 66.7. The lowest BCUT2D eigenvalue weighted by atomic mass is 10.2. The first-order chi connectivity index (χ1) is 13.2. The number of rotatable bonds is 5. The molecule has 1 saturated heterocycles. The normalized spacial score (nSPS) is 17.4. The molecule has 2 aromatic rings. The number of carbonyl (C=O) groups is 1. The number of hydrogen-bond donors (Lipinski definition) is 1. The van der Waals surface area contributed by atoms with E-state index in [0.717, 1.165) is 23.5 Å². The lowest BCUT2D eigenvalue weighted by Crippen LogP contribution is -2.53. The molecule has 0 radical (unpaired) electrons. The van der Waals surface area contributed by atoms with E-state index in [2.05, 4.69) is 5.32 Å². The number of benzene rings is 1. The molecule has 152 valence electrons. The fourth-order valence-corrected chi connectivity index (χ4v) is 5.46. The summed E-state index contributed by atoms with van der Waals surface area (Å²) in [5.74, 6) is -5.06. The third-order valence-corrected chi connectivity index (χ3v) is 7.85. The minimum atomic E-state index is -3.55. The summed E-state index contributed by atoms with van der Waals surface area (Å²) in [6, 6.07) is 4.17. The Bertz CT molecular complexity index is 960. The monoisotopic (exact) mass is 433 g/mol. The first-order valence-corrected chi connectivity index (χ1v) is 10.8. The van der Waals surface area contributed by atoms with Crippen molar-refractivity contribution in [3.05, 3.63) is 47.1 Å².